The van der Waals surface area contributed by atoms with Crippen LogP contribution >= 0.6 is 0 Å². The van der Waals surface area contributed by atoms with Gasteiger partial charge in [-0.3, -0.25) is 9.59 Å². The van der Waals surface area contributed by atoms with E-state index in [1.54, 1.807) is 30.3 Å². The van der Waals surface area contributed by atoms with Crippen molar-refractivity contribution < 1.29 is 18.7 Å². The predicted molar refractivity (Wildman–Crippen MR) is 98.5 cm³/mol. The maximum Gasteiger partial charge on any atom is 0.223 e. The minimum absolute atomic E-state index is 0.106. The highest BCUT2D eigenvalue weighted by molar-refractivity contribution is 5.93. The normalized spacial score (nSPS) is 10.3. The molecule has 0 aromatic heterocycles. The van der Waals surface area contributed by atoms with E-state index in [-0.39, 0.29) is 37.1 Å². The lowest BCUT2D eigenvalue weighted by Crippen LogP contribution is -2.34. The Morgan fingerprint density at radius 2 is 1.81 bits per heavy atom. The van der Waals surface area contributed by atoms with Crippen molar-refractivity contribution >= 4 is 17.5 Å². The summed E-state index contributed by atoms with van der Waals surface area (Å²) in [5.41, 5.74) is 1.05. The summed E-state index contributed by atoms with van der Waals surface area (Å²) in [5, 5.41) is 2.68. The number of carbonyl (C=O) groups excluding carboxylic acids is 2. The van der Waals surface area contributed by atoms with Crippen molar-refractivity contribution in [2.75, 3.05) is 18.1 Å². The molecule has 5 nitrogen and oxygen atoms in total. The summed E-state index contributed by atoms with van der Waals surface area (Å²) in [6.45, 7) is 4.11. The molecule has 0 aliphatic rings. The molecule has 0 heterocycles. The summed E-state index contributed by atoms with van der Waals surface area (Å²) in [7, 11) is 0. The summed E-state index contributed by atoms with van der Waals surface area (Å²) in [6, 6.07) is 13.5. The van der Waals surface area contributed by atoms with Gasteiger partial charge in [0.25, 0.3) is 0 Å². The van der Waals surface area contributed by atoms with Gasteiger partial charge in [0, 0.05) is 32.0 Å². The van der Waals surface area contributed by atoms with E-state index < -0.39 is 0 Å². The van der Waals surface area contributed by atoms with Gasteiger partial charge in [0.05, 0.1) is 12.3 Å². The fourth-order valence-electron chi connectivity index (χ4n) is 2.54. The third kappa shape index (κ3) is 5.31. The second-order valence-electron chi connectivity index (χ2n) is 5.69. The molecule has 2 rings (SSSR count). The van der Waals surface area contributed by atoms with E-state index in [1.807, 2.05) is 19.1 Å². The first-order chi connectivity index (χ1) is 12.5. The third-order valence-electron chi connectivity index (χ3n) is 3.83. The van der Waals surface area contributed by atoms with Crippen LogP contribution in [0, 0.1) is 5.82 Å². The molecule has 2 amide bonds. The summed E-state index contributed by atoms with van der Waals surface area (Å²) < 4.78 is 19.1. The Kier molecular flexibility index (Phi) is 7.14. The summed E-state index contributed by atoms with van der Waals surface area (Å²) >= 11 is 0. The lowest BCUT2D eigenvalue weighted by atomic mass is 10.2. The first-order valence-corrected chi connectivity index (χ1v) is 8.53. The zero-order chi connectivity index (χ0) is 18.9. The molecular formula is C20H23FN2O3. The first kappa shape index (κ1) is 19.4. The molecular weight excluding hydrogens is 335 g/mol. The van der Waals surface area contributed by atoms with E-state index in [2.05, 4.69) is 5.32 Å². The SMILES string of the molecule is CCOc1ccccc1N(CCC(=O)NCc1ccccc1F)C(C)=O. The van der Waals surface area contributed by atoms with Gasteiger partial charge in [0.2, 0.25) is 11.8 Å². The van der Waals surface area contributed by atoms with Crippen LogP contribution in [0.25, 0.3) is 0 Å². The molecule has 6 heteroatoms. The van der Waals surface area contributed by atoms with Gasteiger partial charge in [0.15, 0.2) is 0 Å². The summed E-state index contributed by atoms with van der Waals surface area (Å²) in [4.78, 5) is 25.6. The monoisotopic (exact) mass is 358 g/mol. The lowest BCUT2D eigenvalue weighted by Gasteiger charge is -2.23. The molecule has 1 N–H and O–H groups in total. The van der Waals surface area contributed by atoms with Crippen LogP contribution in [0.15, 0.2) is 48.5 Å². The predicted octanol–water partition coefficient (Wildman–Crippen LogP) is 3.28. The Hall–Kier alpha value is -2.89. The van der Waals surface area contributed by atoms with Crippen LogP contribution in [0.4, 0.5) is 10.1 Å². The Morgan fingerprint density at radius 1 is 1.12 bits per heavy atom. The number of halogens is 1. The van der Waals surface area contributed by atoms with Gasteiger partial charge in [-0.05, 0) is 25.1 Å². The Morgan fingerprint density at radius 3 is 2.50 bits per heavy atom. The average molecular weight is 358 g/mol. The highest BCUT2D eigenvalue weighted by Crippen LogP contribution is 2.28. The van der Waals surface area contributed by atoms with Crippen LogP contribution in [-0.4, -0.2) is 25.0 Å². The number of hydrogen-bond acceptors (Lipinski definition) is 3. The number of carbonyl (C=O) groups is 2. The van der Waals surface area contributed by atoms with E-state index >= 15 is 0 Å². The van der Waals surface area contributed by atoms with E-state index in [4.69, 9.17) is 4.74 Å². The standard InChI is InChI=1S/C20H23FN2O3/c1-3-26-19-11-7-6-10-18(19)23(15(2)24)13-12-20(25)22-14-16-8-4-5-9-17(16)21/h4-11H,3,12-14H2,1-2H3,(H,22,25). The van der Waals surface area contributed by atoms with Crippen molar-refractivity contribution in [2.24, 2.45) is 0 Å². The Labute approximate surface area is 152 Å². The number of nitrogens with zero attached hydrogens (tertiary/aromatic N) is 1. The van der Waals surface area contributed by atoms with Crippen LogP contribution in [0.1, 0.15) is 25.8 Å². The van der Waals surface area contributed by atoms with E-state index in [0.717, 1.165) is 0 Å². The molecule has 2 aromatic rings. The minimum Gasteiger partial charge on any atom is -0.492 e. The fourth-order valence-corrected chi connectivity index (χ4v) is 2.54. The van der Waals surface area contributed by atoms with Gasteiger partial charge in [-0.25, -0.2) is 4.39 Å². The molecule has 0 bridgehead atoms. The summed E-state index contributed by atoms with van der Waals surface area (Å²) in [6.07, 6.45) is 0.106. The van der Waals surface area contributed by atoms with Crippen molar-refractivity contribution in [3.63, 3.8) is 0 Å². The number of para-hydroxylation sites is 2. The van der Waals surface area contributed by atoms with Gasteiger partial charge in [-0.15, -0.1) is 0 Å². The topological polar surface area (TPSA) is 58.6 Å². The van der Waals surface area contributed by atoms with Crippen LogP contribution in [0.3, 0.4) is 0 Å². The molecule has 2 aromatic carbocycles. The molecule has 0 saturated heterocycles. The van der Waals surface area contributed by atoms with Crippen molar-refractivity contribution in [1.82, 2.24) is 5.32 Å². The largest absolute Gasteiger partial charge is 0.492 e. The van der Waals surface area contributed by atoms with Crippen LogP contribution < -0.4 is 15.0 Å². The maximum absolute atomic E-state index is 13.6. The zero-order valence-corrected chi connectivity index (χ0v) is 15.0. The van der Waals surface area contributed by atoms with Gasteiger partial charge < -0.3 is 15.0 Å². The quantitative estimate of drug-likeness (QED) is 0.788. The molecule has 0 atom stereocenters. The number of rotatable bonds is 8. The number of nitrogens with one attached hydrogen (secondary N) is 1. The number of amides is 2. The third-order valence-corrected chi connectivity index (χ3v) is 3.83. The molecule has 0 radical (unpaired) electrons. The lowest BCUT2D eigenvalue weighted by molar-refractivity contribution is -0.121. The second-order valence-corrected chi connectivity index (χ2v) is 5.69. The zero-order valence-electron chi connectivity index (χ0n) is 15.0. The molecule has 26 heavy (non-hydrogen) atoms. The average Bonchev–Trinajstić information content (AvgIpc) is 2.62. The maximum atomic E-state index is 13.6. The van der Waals surface area contributed by atoms with Crippen LogP contribution in [0.5, 0.6) is 5.75 Å². The van der Waals surface area contributed by atoms with Crippen molar-refractivity contribution in [3.05, 3.63) is 59.9 Å². The molecule has 0 unspecified atom stereocenters. The number of benzene rings is 2. The van der Waals surface area contributed by atoms with Gasteiger partial charge in [-0.2, -0.15) is 0 Å². The van der Waals surface area contributed by atoms with Crippen molar-refractivity contribution in [3.8, 4) is 5.75 Å². The van der Waals surface area contributed by atoms with E-state index in [1.165, 1.54) is 17.9 Å². The molecule has 0 saturated carbocycles. The molecule has 138 valence electrons. The fraction of sp³-hybridized carbons (Fsp3) is 0.300. The number of ether oxygens (including phenoxy) is 1. The number of anilines is 1. The van der Waals surface area contributed by atoms with E-state index in [9.17, 15) is 14.0 Å². The van der Waals surface area contributed by atoms with Gasteiger partial charge >= 0.3 is 0 Å². The second kappa shape index (κ2) is 9.56. The van der Waals surface area contributed by atoms with Gasteiger partial charge in [-0.1, -0.05) is 30.3 Å². The van der Waals surface area contributed by atoms with Crippen molar-refractivity contribution in [1.29, 1.82) is 0 Å². The van der Waals surface area contributed by atoms with Crippen molar-refractivity contribution in [2.45, 2.75) is 26.8 Å². The molecule has 0 aliphatic carbocycles. The number of hydrogen-bond donors (Lipinski definition) is 1. The summed E-state index contributed by atoms with van der Waals surface area (Å²) in [5.74, 6) is -0.201. The van der Waals surface area contributed by atoms with Crippen LogP contribution in [0.2, 0.25) is 0 Å². The Balaban J connectivity index is 1.97. The highest BCUT2D eigenvalue weighted by Gasteiger charge is 2.17. The van der Waals surface area contributed by atoms with Crippen LogP contribution in [-0.2, 0) is 16.1 Å². The molecule has 0 spiro atoms. The smallest absolute Gasteiger partial charge is 0.223 e. The minimum atomic E-state index is -0.358. The highest BCUT2D eigenvalue weighted by atomic mass is 19.1. The van der Waals surface area contributed by atoms with Gasteiger partial charge in [0.1, 0.15) is 11.6 Å². The first-order valence-electron chi connectivity index (χ1n) is 8.53. The molecule has 0 aliphatic heterocycles. The van der Waals surface area contributed by atoms with E-state index in [0.29, 0.717) is 23.6 Å². The molecule has 0 fully saturated rings. The Bertz CT molecular complexity index is 764.